The third-order valence-corrected chi connectivity index (χ3v) is 3.14. The number of nitro benzene ring substituents is 1. The fraction of sp³-hybridized carbons (Fsp3) is 0.500. The highest BCUT2D eigenvalue weighted by Gasteiger charge is 2.19. The van der Waals surface area contributed by atoms with E-state index in [9.17, 15) is 20.0 Å². The molecule has 0 heterocycles. The first kappa shape index (κ1) is 18.7. The van der Waals surface area contributed by atoms with Gasteiger partial charge in [0, 0.05) is 32.1 Å². The summed E-state index contributed by atoms with van der Waals surface area (Å²) < 4.78 is 5.28. The summed E-state index contributed by atoms with van der Waals surface area (Å²) in [7, 11) is 1.54. The molecule has 0 saturated carbocycles. The lowest BCUT2D eigenvalue weighted by atomic mass is 10.1. The van der Waals surface area contributed by atoms with Crippen LogP contribution in [0.3, 0.4) is 0 Å². The number of nitro groups is 1. The number of nitrogens with two attached hydrogens (primary N) is 1. The van der Waals surface area contributed by atoms with Gasteiger partial charge in [-0.1, -0.05) is 0 Å². The molecule has 1 aromatic carbocycles. The summed E-state index contributed by atoms with van der Waals surface area (Å²) in [6.07, 6.45) is -0.897. The predicted octanol–water partition coefficient (Wildman–Crippen LogP) is 0.577. The number of carbonyl (C=O) groups excluding carboxylic acids is 1. The Morgan fingerprint density at radius 3 is 2.78 bits per heavy atom. The third-order valence-electron chi connectivity index (χ3n) is 3.14. The quantitative estimate of drug-likeness (QED) is 0.295. The number of benzene rings is 1. The van der Waals surface area contributed by atoms with E-state index in [1.165, 1.54) is 18.2 Å². The first-order valence-electron chi connectivity index (χ1n) is 7.22. The number of aliphatic hydroxyl groups is 1. The number of amides is 1. The van der Waals surface area contributed by atoms with Crippen molar-refractivity contribution in [2.75, 3.05) is 18.9 Å². The summed E-state index contributed by atoms with van der Waals surface area (Å²) in [5.74, 6) is 0.0869. The second-order valence-electron chi connectivity index (χ2n) is 4.85. The van der Waals surface area contributed by atoms with Gasteiger partial charge < -0.3 is 26.2 Å². The van der Waals surface area contributed by atoms with Crippen LogP contribution in [0.2, 0.25) is 0 Å². The first-order valence-corrected chi connectivity index (χ1v) is 7.22. The molecular weight excluding hydrogens is 304 g/mol. The molecule has 9 nitrogen and oxygen atoms in total. The van der Waals surface area contributed by atoms with Crippen LogP contribution >= 0.6 is 0 Å². The van der Waals surface area contributed by atoms with Gasteiger partial charge in [0.25, 0.3) is 5.69 Å². The van der Waals surface area contributed by atoms with Gasteiger partial charge in [-0.25, -0.2) is 0 Å². The average Bonchev–Trinajstić information content (AvgIpc) is 2.52. The fourth-order valence-corrected chi connectivity index (χ4v) is 1.90. The summed E-state index contributed by atoms with van der Waals surface area (Å²) in [5.41, 5.74) is 5.94. The maximum atomic E-state index is 11.4. The van der Waals surface area contributed by atoms with Crippen molar-refractivity contribution in [1.29, 1.82) is 0 Å². The number of hydrogen-bond acceptors (Lipinski definition) is 7. The molecular formula is C14H22N4O5. The lowest BCUT2D eigenvalue weighted by molar-refractivity contribution is -0.384. The molecule has 0 bridgehead atoms. The van der Waals surface area contributed by atoms with E-state index in [0.717, 1.165) is 0 Å². The van der Waals surface area contributed by atoms with Crippen molar-refractivity contribution >= 4 is 17.3 Å². The Morgan fingerprint density at radius 2 is 2.22 bits per heavy atom. The molecule has 9 heteroatoms. The number of aliphatic hydroxyl groups excluding tert-OH is 1. The molecule has 0 radical (unpaired) electrons. The first-order chi connectivity index (χ1) is 10.9. The van der Waals surface area contributed by atoms with Gasteiger partial charge in [-0.3, -0.25) is 14.9 Å². The van der Waals surface area contributed by atoms with Gasteiger partial charge in [0.05, 0.1) is 11.0 Å². The van der Waals surface area contributed by atoms with Crippen molar-refractivity contribution in [2.45, 2.75) is 32.1 Å². The molecule has 2 atom stereocenters. The Kier molecular flexibility index (Phi) is 7.23. The van der Waals surface area contributed by atoms with Crippen molar-refractivity contribution in [2.24, 2.45) is 5.73 Å². The Balaban J connectivity index is 2.64. The lowest BCUT2D eigenvalue weighted by Crippen LogP contribution is -2.39. The van der Waals surface area contributed by atoms with E-state index in [1.54, 1.807) is 7.05 Å². The zero-order valence-electron chi connectivity index (χ0n) is 13.1. The minimum atomic E-state index is -1.32. The summed E-state index contributed by atoms with van der Waals surface area (Å²) in [6, 6.07) is 3.29. The van der Waals surface area contributed by atoms with E-state index in [0.29, 0.717) is 6.54 Å². The highest BCUT2D eigenvalue weighted by atomic mass is 16.6. The van der Waals surface area contributed by atoms with Crippen LogP contribution in [0.15, 0.2) is 18.2 Å². The van der Waals surface area contributed by atoms with Crippen LogP contribution in [0.4, 0.5) is 11.4 Å². The van der Waals surface area contributed by atoms with Crippen molar-refractivity contribution in [3.8, 4) is 5.75 Å². The zero-order chi connectivity index (χ0) is 17.4. The molecule has 0 aromatic heterocycles. The van der Waals surface area contributed by atoms with Crippen LogP contribution in [0, 0.1) is 10.1 Å². The molecule has 0 aliphatic carbocycles. The molecule has 1 aromatic rings. The van der Waals surface area contributed by atoms with Gasteiger partial charge in [0.2, 0.25) is 12.2 Å². The zero-order valence-corrected chi connectivity index (χ0v) is 13.1. The summed E-state index contributed by atoms with van der Waals surface area (Å²) in [5, 5.41) is 26.1. The average molecular weight is 326 g/mol. The number of hydrogen-bond donors (Lipinski definition) is 4. The van der Waals surface area contributed by atoms with E-state index in [-0.39, 0.29) is 35.9 Å². The molecule has 1 amide bonds. The van der Waals surface area contributed by atoms with E-state index in [2.05, 4.69) is 10.6 Å². The number of anilines is 1. The number of rotatable bonds is 9. The maximum absolute atomic E-state index is 11.4. The molecule has 1 unspecified atom stereocenters. The maximum Gasteiger partial charge on any atom is 0.292 e. The molecule has 0 aliphatic rings. The Bertz CT molecular complexity index is 552. The van der Waals surface area contributed by atoms with Gasteiger partial charge in [-0.15, -0.1) is 0 Å². The number of carbonyl (C=O) groups is 1. The molecule has 23 heavy (non-hydrogen) atoms. The van der Waals surface area contributed by atoms with Gasteiger partial charge in [-0.05, 0) is 19.4 Å². The molecule has 0 fully saturated rings. The molecule has 128 valence electrons. The van der Waals surface area contributed by atoms with Gasteiger partial charge in [-0.2, -0.15) is 0 Å². The topological polar surface area (TPSA) is 140 Å². The van der Waals surface area contributed by atoms with Crippen molar-refractivity contribution in [1.82, 2.24) is 5.32 Å². The van der Waals surface area contributed by atoms with Crippen LogP contribution in [-0.4, -0.2) is 41.9 Å². The standard InChI is InChI=1S/C14H22N4O5/c1-3-17-13(19)7-5-10(15)14(20)23-9-4-6-12(18(21)22)11(8-9)16-2/h4,6,8,10,14,16,20H,3,5,7,15H2,1-2H3,(H,17,19)/t10-,14?/m0/s1. The van der Waals surface area contributed by atoms with Gasteiger partial charge in [0.1, 0.15) is 11.4 Å². The number of ether oxygens (including phenoxy) is 1. The van der Waals surface area contributed by atoms with E-state index >= 15 is 0 Å². The number of nitrogens with zero attached hydrogens (tertiary/aromatic N) is 1. The predicted molar refractivity (Wildman–Crippen MR) is 85.2 cm³/mol. The molecule has 1 rings (SSSR count). The summed E-state index contributed by atoms with van der Waals surface area (Å²) in [4.78, 5) is 21.7. The highest BCUT2D eigenvalue weighted by Crippen LogP contribution is 2.29. The van der Waals surface area contributed by atoms with Crippen LogP contribution < -0.4 is 21.1 Å². The second kappa shape index (κ2) is 8.91. The van der Waals surface area contributed by atoms with Crippen LogP contribution in [-0.2, 0) is 4.79 Å². The molecule has 0 saturated heterocycles. The third kappa shape index (κ3) is 5.72. The van der Waals surface area contributed by atoms with Crippen molar-refractivity contribution in [3.05, 3.63) is 28.3 Å². The Labute approximate surface area is 134 Å². The fourth-order valence-electron chi connectivity index (χ4n) is 1.90. The molecule has 0 spiro atoms. The van der Waals surface area contributed by atoms with Crippen LogP contribution in [0.25, 0.3) is 0 Å². The normalized spacial score (nSPS) is 13.0. The molecule has 0 aliphatic heterocycles. The van der Waals surface area contributed by atoms with Crippen LogP contribution in [0.5, 0.6) is 5.75 Å². The monoisotopic (exact) mass is 326 g/mol. The summed E-state index contributed by atoms with van der Waals surface area (Å²) >= 11 is 0. The Morgan fingerprint density at radius 1 is 1.52 bits per heavy atom. The minimum Gasteiger partial charge on any atom is -0.463 e. The van der Waals surface area contributed by atoms with E-state index in [1.807, 2.05) is 6.92 Å². The minimum absolute atomic E-state index is 0.102. The summed E-state index contributed by atoms with van der Waals surface area (Å²) in [6.45, 7) is 2.34. The lowest BCUT2D eigenvalue weighted by Gasteiger charge is -2.20. The van der Waals surface area contributed by atoms with E-state index in [4.69, 9.17) is 10.5 Å². The van der Waals surface area contributed by atoms with E-state index < -0.39 is 17.3 Å². The smallest absolute Gasteiger partial charge is 0.292 e. The molecule has 5 N–H and O–H groups in total. The SMILES string of the molecule is CCNC(=O)CC[C@H](N)C(O)Oc1ccc([N+](=O)[O-])c(NC)c1. The van der Waals surface area contributed by atoms with Crippen molar-refractivity contribution in [3.63, 3.8) is 0 Å². The van der Waals surface area contributed by atoms with Crippen molar-refractivity contribution < 1.29 is 19.6 Å². The van der Waals surface area contributed by atoms with Gasteiger partial charge in [0.15, 0.2) is 0 Å². The number of nitrogens with one attached hydrogen (secondary N) is 2. The van der Waals surface area contributed by atoms with Gasteiger partial charge >= 0.3 is 0 Å². The second-order valence-corrected chi connectivity index (χ2v) is 4.85. The largest absolute Gasteiger partial charge is 0.463 e. The van der Waals surface area contributed by atoms with Crippen LogP contribution in [0.1, 0.15) is 19.8 Å². The highest BCUT2D eigenvalue weighted by molar-refractivity contribution is 5.75. The Hall–Kier alpha value is -2.39.